The van der Waals surface area contributed by atoms with Crippen molar-refractivity contribution in [1.29, 1.82) is 0 Å². The molecule has 0 spiro atoms. The number of hydrogen-bond acceptors (Lipinski definition) is 5. The van der Waals surface area contributed by atoms with Crippen LogP contribution in [0.5, 0.6) is 0 Å². The molecule has 88 valence electrons. The van der Waals surface area contributed by atoms with Crippen molar-refractivity contribution >= 4 is 5.82 Å². The monoisotopic (exact) mass is 231 g/mol. The summed E-state index contributed by atoms with van der Waals surface area (Å²) in [5.74, 6) is 0.641. The summed E-state index contributed by atoms with van der Waals surface area (Å²) < 4.78 is 0. The van der Waals surface area contributed by atoms with E-state index in [1.165, 1.54) is 6.33 Å². The molecule has 3 N–H and O–H groups in total. The van der Waals surface area contributed by atoms with Crippen molar-refractivity contribution in [2.24, 2.45) is 0 Å². The van der Waals surface area contributed by atoms with Crippen LogP contribution in [0.25, 0.3) is 11.5 Å². The number of hydrogen-bond donors (Lipinski definition) is 2. The molecule has 6 heteroatoms. The molecule has 0 aliphatic carbocycles. The van der Waals surface area contributed by atoms with E-state index >= 15 is 0 Å². The van der Waals surface area contributed by atoms with E-state index in [-0.39, 0.29) is 17.3 Å². The minimum Gasteiger partial charge on any atom is -0.383 e. The number of rotatable bonds is 2. The van der Waals surface area contributed by atoms with Crippen LogP contribution in [0.2, 0.25) is 0 Å². The first kappa shape index (κ1) is 11.3. The third-order valence-corrected chi connectivity index (χ3v) is 2.39. The van der Waals surface area contributed by atoms with E-state index in [9.17, 15) is 4.79 Å². The van der Waals surface area contributed by atoms with Gasteiger partial charge in [-0.3, -0.25) is 4.79 Å². The highest BCUT2D eigenvalue weighted by Crippen LogP contribution is 2.17. The van der Waals surface area contributed by atoms with Crippen molar-refractivity contribution in [3.63, 3.8) is 0 Å². The van der Waals surface area contributed by atoms with Crippen LogP contribution >= 0.6 is 0 Å². The van der Waals surface area contributed by atoms with E-state index in [0.29, 0.717) is 17.1 Å². The third kappa shape index (κ3) is 2.15. The molecule has 0 aromatic carbocycles. The summed E-state index contributed by atoms with van der Waals surface area (Å²) in [4.78, 5) is 26.5. The maximum atomic E-state index is 11.9. The molecule has 0 fully saturated rings. The van der Waals surface area contributed by atoms with E-state index < -0.39 is 0 Å². The third-order valence-electron chi connectivity index (χ3n) is 2.39. The number of H-pyrrole nitrogens is 1. The Morgan fingerprint density at radius 2 is 2.18 bits per heavy atom. The van der Waals surface area contributed by atoms with Crippen molar-refractivity contribution in [2.45, 2.75) is 19.8 Å². The van der Waals surface area contributed by atoms with Gasteiger partial charge in [0, 0.05) is 6.20 Å². The minimum atomic E-state index is -0.221. The Morgan fingerprint density at radius 3 is 2.71 bits per heavy atom. The molecule has 0 bridgehead atoms. The van der Waals surface area contributed by atoms with Gasteiger partial charge in [0.2, 0.25) is 0 Å². The predicted octanol–water partition coefficient (Wildman–Crippen LogP) is 0.932. The summed E-state index contributed by atoms with van der Waals surface area (Å²) in [7, 11) is 0. The lowest BCUT2D eigenvalue weighted by Gasteiger charge is -2.08. The largest absolute Gasteiger partial charge is 0.383 e. The maximum Gasteiger partial charge on any atom is 0.256 e. The lowest BCUT2D eigenvalue weighted by molar-refractivity contribution is 0.836. The summed E-state index contributed by atoms with van der Waals surface area (Å²) >= 11 is 0. The SMILES string of the molecule is CC(C)c1c(N)nc(-c2ccncn2)[nH]c1=O. The molecular weight excluding hydrogens is 218 g/mol. The molecule has 0 amide bonds. The van der Waals surface area contributed by atoms with Gasteiger partial charge in [-0.2, -0.15) is 0 Å². The minimum absolute atomic E-state index is 0.0331. The fourth-order valence-electron chi connectivity index (χ4n) is 1.61. The van der Waals surface area contributed by atoms with E-state index in [1.807, 2.05) is 13.8 Å². The molecule has 0 saturated heterocycles. The zero-order chi connectivity index (χ0) is 12.4. The smallest absolute Gasteiger partial charge is 0.256 e. The van der Waals surface area contributed by atoms with Gasteiger partial charge in [0.1, 0.15) is 17.8 Å². The summed E-state index contributed by atoms with van der Waals surface area (Å²) in [6.07, 6.45) is 2.97. The van der Waals surface area contributed by atoms with Crippen LogP contribution in [0.1, 0.15) is 25.3 Å². The van der Waals surface area contributed by atoms with E-state index in [4.69, 9.17) is 5.73 Å². The Bertz CT molecular complexity index is 576. The zero-order valence-corrected chi connectivity index (χ0v) is 9.64. The Kier molecular flexibility index (Phi) is 2.86. The Labute approximate surface area is 98.0 Å². The number of aromatic nitrogens is 4. The van der Waals surface area contributed by atoms with Gasteiger partial charge in [0.15, 0.2) is 5.82 Å². The number of nitrogens with zero attached hydrogens (tertiary/aromatic N) is 3. The molecule has 0 aliphatic heterocycles. The molecule has 0 atom stereocenters. The molecule has 0 radical (unpaired) electrons. The second-order valence-corrected chi connectivity index (χ2v) is 3.96. The quantitative estimate of drug-likeness (QED) is 0.801. The van der Waals surface area contributed by atoms with Crippen LogP contribution in [-0.4, -0.2) is 19.9 Å². The second kappa shape index (κ2) is 4.32. The first-order valence-electron chi connectivity index (χ1n) is 5.25. The fourth-order valence-corrected chi connectivity index (χ4v) is 1.61. The average molecular weight is 231 g/mol. The van der Waals surface area contributed by atoms with Crippen LogP contribution in [0, 0.1) is 0 Å². The number of nitrogens with one attached hydrogen (secondary N) is 1. The standard InChI is InChI=1S/C11H13N5O/c1-6(2)8-9(12)15-10(16-11(8)17)7-3-4-13-5-14-7/h3-6H,1-2H3,(H3,12,15,16,17). The number of anilines is 1. The van der Waals surface area contributed by atoms with Crippen LogP contribution < -0.4 is 11.3 Å². The summed E-state index contributed by atoms with van der Waals surface area (Å²) in [6, 6.07) is 1.66. The normalized spacial score (nSPS) is 10.8. The average Bonchev–Trinajstić information content (AvgIpc) is 2.28. The first-order chi connectivity index (χ1) is 8.09. The first-order valence-corrected chi connectivity index (χ1v) is 5.25. The van der Waals surface area contributed by atoms with Crippen LogP contribution in [0.15, 0.2) is 23.4 Å². The van der Waals surface area contributed by atoms with E-state index in [1.54, 1.807) is 12.3 Å². The van der Waals surface area contributed by atoms with Crippen molar-refractivity contribution < 1.29 is 0 Å². The zero-order valence-electron chi connectivity index (χ0n) is 9.64. The van der Waals surface area contributed by atoms with Gasteiger partial charge in [0.25, 0.3) is 5.56 Å². The van der Waals surface area contributed by atoms with Gasteiger partial charge >= 0.3 is 0 Å². The Morgan fingerprint density at radius 1 is 1.41 bits per heavy atom. The van der Waals surface area contributed by atoms with E-state index in [2.05, 4.69) is 19.9 Å². The lowest BCUT2D eigenvalue weighted by atomic mass is 10.1. The number of nitrogens with two attached hydrogens (primary N) is 1. The molecule has 2 rings (SSSR count). The molecular formula is C11H13N5O. The molecule has 6 nitrogen and oxygen atoms in total. The second-order valence-electron chi connectivity index (χ2n) is 3.96. The Hall–Kier alpha value is -2.24. The van der Waals surface area contributed by atoms with Gasteiger partial charge in [-0.1, -0.05) is 13.8 Å². The Balaban J connectivity index is 2.58. The molecule has 17 heavy (non-hydrogen) atoms. The predicted molar refractivity (Wildman–Crippen MR) is 64.4 cm³/mol. The molecule has 0 saturated carbocycles. The van der Waals surface area contributed by atoms with Gasteiger partial charge in [-0.05, 0) is 12.0 Å². The molecule has 2 aromatic heterocycles. The highest BCUT2D eigenvalue weighted by Gasteiger charge is 2.13. The van der Waals surface area contributed by atoms with E-state index in [0.717, 1.165) is 0 Å². The van der Waals surface area contributed by atoms with Gasteiger partial charge in [-0.25, -0.2) is 15.0 Å². The van der Waals surface area contributed by atoms with Crippen molar-refractivity contribution in [2.75, 3.05) is 5.73 Å². The van der Waals surface area contributed by atoms with Crippen molar-refractivity contribution in [1.82, 2.24) is 19.9 Å². The van der Waals surface area contributed by atoms with Gasteiger partial charge < -0.3 is 10.7 Å². The summed E-state index contributed by atoms with van der Waals surface area (Å²) in [6.45, 7) is 3.79. The van der Waals surface area contributed by atoms with Crippen molar-refractivity contribution in [3.05, 3.63) is 34.5 Å². The molecule has 0 aliphatic rings. The number of nitrogen functional groups attached to an aromatic ring is 1. The number of aromatic amines is 1. The lowest BCUT2D eigenvalue weighted by Crippen LogP contribution is -2.19. The molecule has 0 unspecified atom stereocenters. The van der Waals surface area contributed by atoms with Gasteiger partial charge in [-0.15, -0.1) is 0 Å². The van der Waals surface area contributed by atoms with Crippen molar-refractivity contribution in [3.8, 4) is 11.5 Å². The van der Waals surface area contributed by atoms with Crippen LogP contribution in [0.4, 0.5) is 5.82 Å². The topological polar surface area (TPSA) is 97.5 Å². The summed E-state index contributed by atoms with van der Waals surface area (Å²) in [5, 5.41) is 0. The molecule has 2 heterocycles. The highest BCUT2D eigenvalue weighted by atomic mass is 16.1. The molecule has 2 aromatic rings. The highest BCUT2D eigenvalue weighted by molar-refractivity contribution is 5.52. The van der Waals surface area contributed by atoms with Crippen LogP contribution in [0.3, 0.4) is 0 Å². The maximum absolute atomic E-state index is 11.9. The summed E-state index contributed by atoms with van der Waals surface area (Å²) in [5.41, 5.74) is 6.61. The van der Waals surface area contributed by atoms with Gasteiger partial charge in [0.05, 0.1) is 5.56 Å². The fraction of sp³-hybridized carbons (Fsp3) is 0.273. The van der Waals surface area contributed by atoms with Crippen LogP contribution in [-0.2, 0) is 0 Å².